The lowest BCUT2D eigenvalue weighted by Gasteiger charge is -2.29. The summed E-state index contributed by atoms with van der Waals surface area (Å²) in [5.41, 5.74) is 15.1. The molecular weight excluding hydrogens is 550 g/mol. The Morgan fingerprint density at radius 3 is 1.71 bits per heavy atom. The summed E-state index contributed by atoms with van der Waals surface area (Å²) in [5.74, 6) is -0.408. The van der Waals surface area contributed by atoms with Crippen LogP contribution in [-0.2, 0) is 0 Å². The van der Waals surface area contributed by atoms with E-state index in [2.05, 4.69) is 111 Å². The van der Waals surface area contributed by atoms with Gasteiger partial charge >= 0.3 is 0 Å². The molecule has 0 N–H and O–H groups in total. The monoisotopic (exact) mass is 581 g/mol. The fraction of sp³-hybridized carbons (Fsp3) is 0.0952. The third-order valence-electron chi connectivity index (χ3n) is 9.31. The first kappa shape index (κ1) is 27.0. The normalized spacial score (nSPS) is 12.9. The lowest BCUT2D eigenvalue weighted by Crippen LogP contribution is -2.13. The number of anilines is 3. The quantitative estimate of drug-likeness (QED) is 0.153. The second kappa shape index (κ2) is 10.0. The third-order valence-corrected chi connectivity index (χ3v) is 9.31. The van der Waals surface area contributed by atoms with Crippen molar-refractivity contribution in [3.63, 3.8) is 0 Å². The molecule has 216 valence electrons. The third kappa shape index (κ3) is 4.12. The maximum Gasteiger partial charge on any atom is 0.197 e. The maximum atomic E-state index is 13.2. The molecule has 0 radical (unpaired) electrons. The number of ketones is 2. The van der Waals surface area contributed by atoms with Crippen molar-refractivity contribution < 1.29 is 9.59 Å². The summed E-state index contributed by atoms with van der Waals surface area (Å²) in [6, 6.07) is 37.6. The molecule has 6 aromatic carbocycles. The van der Waals surface area contributed by atoms with E-state index in [0.717, 1.165) is 39.0 Å². The number of carbonyl (C=O) groups is 2. The topological polar surface area (TPSA) is 37.4 Å². The Kier molecular flexibility index (Phi) is 6.01. The number of allylic oxidation sites excluding steroid dienone is 1. The highest BCUT2D eigenvalue weighted by atomic mass is 16.2. The van der Waals surface area contributed by atoms with Crippen molar-refractivity contribution in [1.82, 2.24) is 0 Å². The van der Waals surface area contributed by atoms with Gasteiger partial charge in [-0.1, -0.05) is 96.1 Å². The Hall–Kier alpha value is -5.54. The Bertz CT molecular complexity index is 2220. The van der Waals surface area contributed by atoms with Crippen LogP contribution in [0.2, 0.25) is 0 Å². The zero-order chi connectivity index (χ0) is 31.0. The van der Waals surface area contributed by atoms with Crippen LogP contribution in [0.5, 0.6) is 0 Å². The fourth-order valence-electron chi connectivity index (χ4n) is 7.21. The van der Waals surface area contributed by atoms with Crippen LogP contribution >= 0.6 is 0 Å². The van der Waals surface area contributed by atoms with E-state index >= 15 is 0 Å². The second-order valence-electron chi connectivity index (χ2n) is 12.3. The summed E-state index contributed by atoms with van der Waals surface area (Å²) in [7, 11) is 0. The summed E-state index contributed by atoms with van der Waals surface area (Å²) < 4.78 is 0. The van der Waals surface area contributed by atoms with Crippen LogP contribution < -0.4 is 4.90 Å². The molecule has 0 heterocycles. The standard InChI is InChI=1S/C42H31NO2/c1-24-12-18-38(26(3)20-24)43(39-19-13-25(2)21-27(39)4)29-15-17-31-33-16-14-28(30-10-7-11-32(40(30)33)36(31)23-29)22-37-41(44)34-8-5-6-9-35(34)42(37)45/h5-23H,1-4H3. The number of Topliss-reactive ketones (excluding diaryl/α,β-unsaturated/α-hetero) is 2. The molecule has 0 saturated carbocycles. The molecule has 3 nitrogen and oxygen atoms in total. The number of rotatable bonds is 4. The van der Waals surface area contributed by atoms with E-state index in [1.807, 2.05) is 6.07 Å². The van der Waals surface area contributed by atoms with Gasteiger partial charge in [0.05, 0.1) is 5.57 Å². The van der Waals surface area contributed by atoms with E-state index in [0.29, 0.717) is 11.1 Å². The van der Waals surface area contributed by atoms with Crippen molar-refractivity contribution in [2.45, 2.75) is 27.7 Å². The summed E-state index contributed by atoms with van der Waals surface area (Å²) in [6.45, 7) is 8.62. The van der Waals surface area contributed by atoms with Gasteiger partial charge in [0.25, 0.3) is 0 Å². The molecule has 2 aliphatic rings. The maximum absolute atomic E-state index is 13.2. The zero-order valence-corrected chi connectivity index (χ0v) is 25.7. The lowest BCUT2D eigenvalue weighted by atomic mass is 9.96. The summed E-state index contributed by atoms with van der Waals surface area (Å²) in [5, 5.41) is 2.19. The van der Waals surface area contributed by atoms with Crippen molar-refractivity contribution in [2.24, 2.45) is 0 Å². The van der Waals surface area contributed by atoms with Gasteiger partial charge in [0, 0.05) is 28.2 Å². The summed E-state index contributed by atoms with van der Waals surface area (Å²) in [6.07, 6.45) is 1.78. The number of hydrogen-bond acceptors (Lipinski definition) is 3. The molecule has 45 heavy (non-hydrogen) atoms. The highest BCUT2D eigenvalue weighted by molar-refractivity contribution is 6.41. The first-order valence-corrected chi connectivity index (χ1v) is 15.4. The first-order valence-electron chi connectivity index (χ1n) is 15.4. The number of benzene rings is 6. The first-order chi connectivity index (χ1) is 21.8. The minimum atomic E-state index is -0.204. The zero-order valence-electron chi connectivity index (χ0n) is 25.7. The van der Waals surface area contributed by atoms with Crippen molar-refractivity contribution in [1.29, 1.82) is 0 Å². The smallest absolute Gasteiger partial charge is 0.197 e. The average Bonchev–Trinajstić information content (AvgIpc) is 3.48. The van der Waals surface area contributed by atoms with Crippen LogP contribution in [0, 0.1) is 27.7 Å². The Labute approximate surface area is 263 Å². The molecule has 0 unspecified atom stereocenters. The van der Waals surface area contributed by atoms with E-state index in [1.165, 1.54) is 38.9 Å². The molecule has 0 saturated heterocycles. The molecule has 0 aliphatic heterocycles. The van der Waals surface area contributed by atoms with Crippen LogP contribution in [-0.4, -0.2) is 11.6 Å². The molecule has 3 heteroatoms. The SMILES string of the molecule is Cc1ccc(N(c2ccc3c(c2)-c2cccc4c(C=C5C(=O)c6ccccc6C5=O)ccc-3c24)c2ccc(C)cc2C)c(C)c1. The van der Waals surface area contributed by atoms with E-state index in [9.17, 15) is 9.59 Å². The Balaban J connectivity index is 1.28. The average molecular weight is 582 g/mol. The van der Waals surface area contributed by atoms with Gasteiger partial charge < -0.3 is 4.90 Å². The van der Waals surface area contributed by atoms with Crippen LogP contribution in [0.3, 0.4) is 0 Å². The van der Waals surface area contributed by atoms with Gasteiger partial charge in [0.2, 0.25) is 0 Å². The highest BCUT2D eigenvalue weighted by Gasteiger charge is 2.33. The van der Waals surface area contributed by atoms with Gasteiger partial charge in [-0.05, 0) is 108 Å². The van der Waals surface area contributed by atoms with Crippen molar-refractivity contribution in [2.75, 3.05) is 4.90 Å². The van der Waals surface area contributed by atoms with Crippen LogP contribution in [0.15, 0.2) is 115 Å². The van der Waals surface area contributed by atoms with Gasteiger partial charge in [0.15, 0.2) is 11.6 Å². The minimum absolute atomic E-state index is 0.204. The van der Waals surface area contributed by atoms with E-state index in [1.54, 1.807) is 30.3 Å². The molecular formula is C42H31NO2. The molecule has 6 aromatic rings. The van der Waals surface area contributed by atoms with Gasteiger partial charge in [-0.25, -0.2) is 0 Å². The molecule has 8 rings (SSSR count). The molecule has 0 aromatic heterocycles. The molecule has 2 aliphatic carbocycles. The molecule has 0 atom stereocenters. The van der Waals surface area contributed by atoms with E-state index in [-0.39, 0.29) is 17.1 Å². The van der Waals surface area contributed by atoms with Gasteiger partial charge in [-0.15, -0.1) is 0 Å². The molecule has 0 fully saturated rings. The van der Waals surface area contributed by atoms with E-state index < -0.39 is 0 Å². The predicted octanol–water partition coefficient (Wildman–Crippen LogP) is 10.7. The Morgan fingerprint density at radius 1 is 0.511 bits per heavy atom. The van der Waals surface area contributed by atoms with Crippen LogP contribution in [0.25, 0.3) is 39.1 Å². The number of carbonyl (C=O) groups excluding carboxylic acids is 2. The van der Waals surface area contributed by atoms with Crippen LogP contribution in [0.1, 0.15) is 48.5 Å². The second-order valence-corrected chi connectivity index (χ2v) is 12.3. The summed E-state index contributed by atoms with van der Waals surface area (Å²) in [4.78, 5) is 28.8. The van der Waals surface area contributed by atoms with Gasteiger partial charge in [0.1, 0.15) is 0 Å². The predicted molar refractivity (Wildman–Crippen MR) is 185 cm³/mol. The van der Waals surface area contributed by atoms with Crippen molar-refractivity contribution in [3.05, 3.63) is 154 Å². The lowest BCUT2D eigenvalue weighted by molar-refractivity contribution is 0.0990. The minimum Gasteiger partial charge on any atom is -0.310 e. The number of nitrogens with zero attached hydrogens (tertiary/aromatic N) is 1. The molecule has 0 amide bonds. The Morgan fingerprint density at radius 2 is 1.09 bits per heavy atom. The van der Waals surface area contributed by atoms with Crippen LogP contribution in [0.4, 0.5) is 17.1 Å². The largest absolute Gasteiger partial charge is 0.310 e. The number of aryl methyl sites for hydroxylation is 4. The molecule has 0 spiro atoms. The van der Waals surface area contributed by atoms with Crippen molar-refractivity contribution in [3.8, 4) is 22.3 Å². The highest BCUT2D eigenvalue weighted by Crippen LogP contribution is 2.51. The number of hydrogen-bond donors (Lipinski definition) is 0. The van der Waals surface area contributed by atoms with Crippen molar-refractivity contribution >= 4 is 45.5 Å². The van der Waals surface area contributed by atoms with Gasteiger partial charge in [-0.3, -0.25) is 9.59 Å². The van der Waals surface area contributed by atoms with E-state index in [4.69, 9.17) is 0 Å². The number of fused-ring (bicyclic) bond motifs is 4. The fourth-order valence-corrected chi connectivity index (χ4v) is 7.21. The molecule has 0 bridgehead atoms. The van der Waals surface area contributed by atoms with Gasteiger partial charge in [-0.2, -0.15) is 0 Å². The summed E-state index contributed by atoms with van der Waals surface area (Å²) >= 11 is 0.